The van der Waals surface area contributed by atoms with Crippen LogP contribution in [0.4, 0.5) is 4.79 Å². The van der Waals surface area contributed by atoms with Gasteiger partial charge in [-0.1, -0.05) is 23.7 Å². The predicted octanol–water partition coefficient (Wildman–Crippen LogP) is 3.69. The Hall–Kier alpha value is -2.25. The summed E-state index contributed by atoms with van der Waals surface area (Å²) in [6, 6.07) is 10.1. The van der Waals surface area contributed by atoms with Crippen molar-refractivity contribution < 1.29 is 14.3 Å². The van der Waals surface area contributed by atoms with Crippen molar-refractivity contribution in [2.45, 2.75) is 6.61 Å². The molecule has 8 heteroatoms. The quantitative estimate of drug-likeness (QED) is 0.560. The molecular formula is C16H15BrClN3O3. The van der Waals surface area contributed by atoms with E-state index in [-0.39, 0.29) is 0 Å². The van der Waals surface area contributed by atoms with Gasteiger partial charge in [-0.05, 0) is 45.8 Å². The molecule has 126 valence electrons. The van der Waals surface area contributed by atoms with Gasteiger partial charge in [-0.2, -0.15) is 5.10 Å². The molecule has 0 saturated heterocycles. The first-order valence-electron chi connectivity index (χ1n) is 6.83. The summed E-state index contributed by atoms with van der Waals surface area (Å²) in [5, 5.41) is 4.39. The Bertz CT molecular complexity index is 751. The second kappa shape index (κ2) is 8.56. The van der Waals surface area contributed by atoms with Gasteiger partial charge in [0.25, 0.3) is 0 Å². The molecule has 0 saturated carbocycles. The standard InChI is InChI=1S/C16H15BrClN3O3/c1-23-14-6-11(8-20-21-16(19)22)13(17)7-15(14)24-9-10-2-4-12(18)5-3-10/h2-8H,9H2,1H3,(H3,19,21,22). The summed E-state index contributed by atoms with van der Waals surface area (Å²) in [5.41, 5.74) is 8.75. The van der Waals surface area contributed by atoms with Gasteiger partial charge in [-0.3, -0.25) is 0 Å². The van der Waals surface area contributed by atoms with E-state index < -0.39 is 6.03 Å². The molecule has 2 aromatic carbocycles. The highest BCUT2D eigenvalue weighted by molar-refractivity contribution is 9.10. The van der Waals surface area contributed by atoms with E-state index in [0.717, 1.165) is 10.0 Å². The van der Waals surface area contributed by atoms with E-state index in [2.05, 4.69) is 26.5 Å². The minimum atomic E-state index is -0.739. The summed E-state index contributed by atoms with van der Waals surface area (Å²) in [6.07, 6.45) is 1.44. The molecule has 0 atom stereocenters. The molecule has 0 aromatic heterocycles. The van der Waals surface area contributed by atoms with Gasteiger partial charge in [-0.15, -0.1) is 0 Å². The van der Waals surface area contributed by atoms with E-state index in [1.165, 1.54) is 6.21 Å². The van der Waals surface area contributed by atoms with Crippen LogP contribution in [0.1, 0.15) is 11.1 Å². The lowest BCUT2D eigenvalue weighted by molar-refractivity contribution is 0.249. The Morgan fingerprint density at radius 3 is 2.67 bits per heavy atom. The van der Waals surface area contributed by atoms with Gasteiger partial charge in [0.05, 0.1) is 13.3 Å². The fraction of sp³-hybridized carbons (Fsp3) is 0.125. The summed E-state index contributed by atoms with van der Waals surface area (Å²) in [4.78, 5) is 10.6. The molecular weight excluding hydrogens is 398 g/mol. The maximum Gasteiger partial charge on any atom is 0.332 e. The smallest absolute Gasteiger partial charge is 0.332 e. The van der Waals surface area contributed by atoms with E-state index in [0.29, 0.717) is 28.7 Å². The molecule has 24 heavy (non-hydrogen) atoms. The number of nitrogens with zero attached hydrogens (tertiary/aromatic N) is 1. The lowest BCUT2D eigenvalue weighted by Gasteiger charge is -2.12. The Labute approximate surface area is 152 Å². The molecule has 3 N–H and O–H groups in total. The zero-order valence-electron chi connectivity index (χ0n) is 12.8. The Balaban J connectivity index is 2.15. The third-order valence-corrected chi connectivity index (χ3v) is 3.91. The predicted molar refractivity (Wildman–Crippen MR) is 96.8 cm³/mol. The Morgan fingerprint density at radius 1 is 1.33 bits per heavy atom. The minimum Gasteiger partial charge on any atom is -0.493 e. The van der Waals surface area contributed by atoms with Gasteiger partial charge in [0.15, 0.2) is 11.5 Å². The number of hydrogen-bond acceptors (Lipinski definition) is 4. The molecule has 0 aliphatic carbocycles. The van der Waals surface area contributed by atoms with Crippen LogP contribution in [0.15, 0.2) is 46.0 Å². The molecule has 6 nitrogen and oxygen atoms in total. The minimum absolute atomic E-state index is 0.372. The highest BCUT2D eigenvalue weighted by atomic mass is 79.9. The van der Waals surface area contributed by atoms with Crippen molar-refractivity contribution in [1.29, 1.82) is 0 Å². The first-order chi connectivity index (χ1) is 11.5. The molecule has 0 heterocycles. The number of amides is 2. The highest BCUT2D eigenvalue weighted by Gasteiger charge is 2.10. The first kappa shape index (κ1) is 18.1. The van der Waals surface area contributed by atoms with Gasteiger partial charge in [-0.25, -0.2) is 10.2 Å². The molecule has 0 radical (unpaired) electrons. The van der Waals surface area contributed by atoms with Gasteiger partial charge in [0.1, 0.15) is 6.61 Å². The molecule has 2 aromatic rings. The summed E-state index contributed by atoms with van der Waals surface area (Å²) in [5.74, 6) is 1.10. The van der Waals surface area contributed by atoms with Crippen LogP contribution < -0.4 is 20.6 Å². The third-order valence-electron chi connectivity index (χ3n) is 2.97. The number of nitrogens with two attached hydrogens (primary N) is 1. The van der Waals surface area contributed by atoms with Crippen molar-refractivity contribution in [2.75, 3.05) is 7.11 Å². The average Bonchev–Trinajstić information content (AvgIpc) is 2.55. The van der Waals surface area contributed by atoms with E-state index >= 15 is 0 Å². The fourth-order valence-electron chi connectivity index (χ4n) is 1.83. The number of hydrogen-bond donors (Lipinski definition) is 2. The molecule has 0 bridgehead atoms. The molecule has 2 amide bonds. The molecule has 0 fully saturated rings. The van der Waals surface area contributed by atoms with Crippen LogP contribution in [0, 0.1) is 0 Å². The monoisotopic (exact) mass is 411 g/mol. The topological polar surface area (TPSA) is 85.9 Å². The molecule has 0 aliphatic rings. The number of benzene rings is 2. The van der Waals surface area contributed by atoms with Crippen LogP contribution in [0.5, 0.6) is 11.5 Å². The lowest BCUT2D eigenvalue weighted by Crippen LogP contribution is -2.24. The maximum absolute atomic E-state index is 10.6. The maximum atomic E-state index is 10.6. The number of nitrogens with one attached hydrogen (secondary N) is 1. The van der Waals surface area contributed by atoms with E-state index in [1.54, 1.807) is 31.4 Å². The molecule has 2 rings (SSSR count). The summed E-state index contributed by atoms with van der Waals surface area (Å²) >= 11 is 9.29. The number of urea groups is 1. The summed E-state index contributed by atoms with van der Waals surface area (Å²) in [6.45, 7) is 0.372. The van der Waals surface area contributed by atoms with Crippen LogP contribution in [-0.2, 0) is 6.61 Å². The van der Waals surface area contributed by atoms with Gasteiger partial charge < -0.3 is 15.2 Å². The second-order valence-corrected chi connectivity index (χ2v) is 5.96. The number of hydrazone groups is 1. The third kappa shape index (κ3) is 5.14. The molecule has 0 unspecified atom stereocenters. The zero-order valence-corrected chi connectivity index (χ0v) is 15.1. The second-order valence-electron chi connectivity index (χ2n) is 4.67. The summed E-state index contributed by atoms with van der Waals surface area (Å²) < 4.78 is 11.9. The zero-order chi connectivity index (χ0) is 17.5. The normalized spacial score (nSPS) is 10.6. The van der Waals surface area contributed by atoms with Gasteiger partial charge >= 0.3 is 6.03 Å². The van der Waals surface area contributed by atoms with Gasteiger partial charge in [0, 0.05) is 15.1 Å². The number of ether oxygens (including phenoxy) is 2. The van der Waals surface area contributed by atoms with E-state index in [1.807, 2.05) is 12.1 Å². The average molecular weight is 413 g/mol. The number of carbonyl (C=O) groups is 1. The van der Waals surface area contributed by atoms with Crippen molar-refractivity contribution in [3.05, 3.63) is 57.0 Å². The number of carbonyl (C=O) groups excluding carboxylic acids is 1. The SMILES string of the molecule is COc1cc(C=NNC(N)=O)c(Br)cc1OCc1ccc(Cl)cc1. The van der Waals surface area contributed by atoms with Crippen LogP contribution in [0.3, 0.4) is 0 Å². The van der Waals surface area contributed by atoms with Crippen molar-refractivity contribution in [2.24, 2.45) is 10.8 Å². The highest BCUT2D eigenvalue weighted by Crippen LogP contribution is 2.33. The van der Waals surface area contributed by atoms with Crippen LogP contribution in [-0.4, -0.2) is 19.4 Å². The Morgan fingerprint density at radius 2 is 2.04 bits per heavy atom. The number of rotatable bonds is 6. The van der Waals surface area contributed by atoms with Crippen LogP contribution in [0.25, 0.3) is 0 Å². The lowest BCUT2D eigenvalue weighted by atomic mass is 10.2. The number of primary amides is 1. The summed E-state index contributed by atoms with van der Waals surface area (Å²) in [7, 11) is 1.54. The van der Waals surface area contributed by atoms with Crippen molar-refractivity contribution in [3.8, 4) is 11.5 Å². The largest absolute Gasteiger partial charge is 0.493 e. The van der Waals surface area contributed by atoms with E-state index in [4.69, 9.17) is 26.8 Å². The van der Waals surface area contributed by atoms with Crippen molar-refractivity contribution in [3.63, 3.8) is 0 Å². The molecule has 0 aliphatic heterocycles. The first-order valence-corrected chi connectivity index (χ1v) is 8.00. The van der Waals surface area contributed by atoms with Crippen LogP contribution in [0.2, 0.25) is 5.02 Å². The fourth-order valence-corrected chi connectivity index (χ4v) is 2.38. The van der Waals surface area contributed by atoms with E-state index in [9.17, 15) is 4.79 Å². The number of methoxy groups -OCH3 is 1. The van der Waals surface area contributed by atoms with Gasteiger partial charge in [0.2, 0.25) is 0 Å². The number of halogens is 2. The van der Waals surface area contributed by atoms with Crippen molar-refractivity contribution >= 4 is 39.8 Å². The molecule has 0 spiro atoms. The Kier molecular flexibility index (Phi) is 6.45. The van der Waals surface area contributed by atoms with Crippen molar-refractivity contribution in [1.82, 2.24) is 5.43 Å². The van der Waals surface area contributed by atoms with Crippen LogP contribution >= 0.6 is 27.5 Å².